The molecule has 6 nitrogen and oxygen atoms in total. The summed E-state index contributed by atoms with van der Waals surface area (Å²) < 4.78 is 1.90. The quantitative estimate of drug-likeness (QED) is 0.504. The van der Waals surface area contributed by atoms with Crippen LogP contribution >= 0.6 is 0 Å². The van der Waals surface area contributed by atoms with E-state index in [2.05, 4.69) is 10.3 Å². The molecule has 2 aromatic carbocycles. The smallest absolute Gasteiger partial charge is 0.328 e. The molecule has 0 aliphatic heterocycles. The third-order valence-corrected chi connectivity index (χ3v) is 4.41. The number of nitrogens with one attached hydrogen (secondary N) is 1. The Morgan fingerprint density at radius 3 is 2.38 bits per heavy atom. The number of benzene rings is 2. The fraction of sp³-hybridized carbons (Fsp3) is 0. The molecule has 0 amide bonds. The predicted octanol–water partition coefficient (Wildman–Crippen LogP) is 4.23. The molecule has 4 rings (SSSR count). The molecule has 0 fully saturated rings. The summed E-state index contributed by atoms with van der Waals surface area (Å²) >= 11 is 0. The maximum absolute atomic E-state index is 12.8. The Kier molecular flexibility index (Phi) is 4.90. The summed E-state index contributed by atoms with van der Waals surface area (Å²) in [5.74, 6) is -0.509. The zero-order chi connectivity index (χ0) is 20.2. The van der Waals surface area contributed by atoms with Gasteiger partial charge in [-0.1, -0.05) is 36.4 Å². The molecule has 0 atom stereocenters. The molecule has 0 saturated heterocycles. The van der Waals surface area contributed by atoms with Crippen LogP contribution in [0.5, 0.6) is 0 Å². The number of aliphatic carboxylic acids is 1. The van der Waals surface area contributed by atoms with E-state index in [9.17, 15) is 9.59 Å². The molecule has 29 heavy (non-hydrogen) atoms. The Morgan fingerprint density at radius 2 is 1.69 bits per heavy atom. The van der Waals surface area contributed by atoms with Crippen LogP contribution in [-0.2, 0) is 4.79 Å². The first kappa shape index (κ1) is 18.2. The number of carboxylic acid groups (broad SMARTS) is 1. The number of nitrogens with zero attached hydrogens (tertiary/aromatic N) is 2. The van der Waals surface area contributed by atoms with Gasteiger partial charge in [0.1, 0.15) is 5.82 Å². The van der Waals surface area contributed by atoms with Gasteiger partial charge in [0, 0.05) is 41.5 Å². The van der Waals surface area contributed by atoms with Crippen LogP contribution in [0.1, 0.15) is 5.56 Å². The molecule has 0 aliphatic carbocycles. The number of hydrogen-bond donors (Lipinski definition) is 2. The number of carbonyl (C=O) groups is 1. The van der Waals surface area contributed by atoms with E-state index < -0.39 is 5.97 Å². The van der Waals surface area contributed by atoms with E-state index in [1.807, 2.05) is 65.2 Å². The van der Waals surface area contributed by atoms with Crippen molar-refractivity contribution in [1.82, 2.24) is 9.55 Å². The highest BCUT2D eigenvalue weighted by molar-refractivity contribution is 5.93. The number of anilines is 2. The SMILES string of the molecule is O=C(O)C=Cc1cncc2c(=O)cc(Nc3ccccc3)n(-c3ccccc3)c12. The van der Waals surface area contributed by atoms with Crippen LogP contribution in [-0.4, -0.2) is 20.6 Å². The van der Waals surface area contributed by atoms with E-state index in [-0.39, 0.29) is 5.43 Å². The lowest BCUT2D eigenvalue weighted by Gasteiger charge is -2.19. The van der Waals surface area contributed by atoms with E-state index in [4.69, 9.17) is 5.11 Å². The van der Waals surface area contributed by atoms with E-state index in [0.717, 1.165) is 17.5 Å². The lowest BCUT2D eigenvalue weighted by molar-refractivity contribution is -0.131. The van der Waals surface area contributed by atoms with E-state index in [0.29, 0.717) is 22.3 Å². The molecule has 2 heterocycles. The van der Waals surface area contributed by atoms with Crippen LogP contribution in [0.3, 0.4) is 0 Å². The Bertz CT molecular complexity index is 1260. The van der Waals surface area contributed by atoms with Gasteiger partial charge in [0.25, 0.3) is 0 Å². The fourth-order valence-electron chi connectivity index (χ4n) is 3.18. The second-order valence-electron chi connectivity index (χ2n) is 6.35. The molecule has 6 heteroatoms. The van der Waals surface area contributed by atoms with Crippen molar-refractivity contribution in [3.05, 3.63) is 101 Å². The van der Waals surface area contributed by atoms with Gasteiger partial charge in [-0.05, 0) is 30.3 Å². The molecular weight excluding hydrogens is 366 g/mol. The van der Waals surface area contributed by atoms with Crippen LogP contribution in [0.15, 0.2) is 90.0 Å². The first-order chi connectivity index (χ1) is 14.1. The number of para-hydroxylation sites is 2. The van der Waals surface area contributed by atoms with Gasteiger partial charge in [-0.2, -0.15) is 0 Å². The lowest BCUT2D eigenvalue weighted by atomic mass is 10.1. The molecular formula is C23H17N3O3. The van der Waals surface area contributed by atoms with E-state index in [1.165, 1.54) is 18.3 Å². The largest absolute Gasteiger partial charge is 0.478 e. The fourth-order valence-corrected chi connectivity index (χ4v) is 3.18. The highest BCUT2D eigenvalue weighted by Gasteiger charge is 2.14. The van der Waals surface area contributed by atoms with Gasteiger partial charge in [0.15, 0.2) is 5.43 Å². The monoisotopic (exact) mass is 383 g/mol. The zero-order valence-electron chi connectivity index (χ0n) is 15.3. The third-order valence-electron chi connectivity index (χ3n) is 4.41. The van der Waals surface area contributed by atoms with E-state index in [1.54, 1.807) is 6.20 Å². The Morgan fingerprint density at radius 1 is 1.00 bits per heavy atom. The molecule has 2 aromatic heterocycles. The first-order valence-electron chi connectivity index (χ1n) is 8.96. The van der Waals surface area contributed by atoms with Gasteiger partial charge in [0.05, 0.1) is 10.9 Å². The van der Waals surface area contributed by atoms with Gasteiger partial charge in [0.2, 0.25) is 0 Å². The van der Waals surface area contributed by atoms with Crippen molar-refractivity contribution in [2.45, 2.75) is 0 Å². The number of carboxylic acids is 1. The van der Waals surface area contributed by atoms with Crippen molar-refractivity contribution >= 4 is 34.5 Å². The summed E-state index contributed by atoms with van der Waals surface area (Å²) in [7, 11) is 0. The summed E-state index contributed by atoms with van der Waals surface area (Å²) in [6, 6.07) is 20.6. The van der Waals surface area contributed by atoms with Crippen molar-refractivity contribution in [3.63, 3.8) is 0 Å². The Labute approximate surface area is 166 Å². The van der Waals surface area contributed by atoms with Gasteiger partial charge in [-0.3, -0.25) is 14.3 Å². The first-order valence-corrected chi connectivity index (χ1v) is 8.96. The third kappa shape index (κ3) is 3.77. The van der Waals surface area contributed by atoms with E-state index >= 15 is 0 Å². The number of pyridine rings is 2. The predicted molar refractivity (Wildman–Crippen MR) is 114 cm³/mol. The summed E-state index contributed by atoms with van der Waals surface area (Å²) in [6.07, 6.45) is 5.53. The average molecular weight is 383 g/mol. The second-order valence-corrected chi connectivity index (χ2v) is 6.35. The number of fused-ring (bicyclic) bond motifs is 1. The van der Waals surface area contributed by atoms with Crippen molar-refractivity contribution in [2.75, 3.05) is 5.32 Å². The number of hydrogen-bond acceptors (Lipinski definition) is 4. The van der Waals surface area contributed by atoms with Crippen LogP contribution in [0.25, 0.3) is 22.7 Å². The maximum atomic E-state index is 12.8. The topological polar surface area (TPSA) is 84.2 Å². The number of aromatic nitrogens is 2. The molecule has 0 bridgehead atoms. The van der Waals surface area contributed by atoms with Crippen molar-refractivity contribution in [3.8, 4) is 5.69 Å². The van der Waals surface area contributed by atoms with Crippen molar-refractivity contribution in [1.29, 1.82) is 0 Å². The highest BCUT2D eigenvalue weighted by Crippen LogP contribution is 2.27. The minimum Gasteiger partial charge on any atom is -0.478 e. The number of rotatable bonds is 5. The molecule has 142 valence electrons. The lowest BCUT2D eigenvalue weighted by Crippen LogP contribution is -2.13. The van der Waals surface area contributed by atoms with Crippen molar-refractivity contribution in [2.24, 2.45) is 0 Å². The molecule has 0 saturated carbocycles. The van der Waals surface area contributed by atoms with Gasteiger partial charge >= 0.3 is 5.97 Å². The highest BCUT2D eigenvalue weighted by atomic mass is 16.4. The second kappa shape index (κ2) is 7.82. The normalized spacial score (nSPS) is 11.0. The molecule has 4 aromatic rings. The molecule has 2 N–H and O–H groups in total. The molecule has 0 radical (unpaired) electrons. The summed E-state index contributed by atoms with van der Waals surface area (Å²) in [5.41, 5.74) is 2.56. The Hall–Kier alpha value is -4.19. The average Bonchev–Trinajstić information content (AvgIpc) is 2.74. The van der Waals surface area contributed by atoms with Crippen molar-refractivity contribution < 1.29 is 9.90 Å². The minimum absolute atomic E-state index is 0.205. The van der Waals surface area contributed by atoms with Gasteiger partial charge in [-0.15, -0.1) is 0 Å². The zero-order valence-corrected chi connectivity index (χ0v) is 15.3. The van der Waals surface area contributed by atoms with Crippen LogP contribution < -0.4 is 10.7 Å². The van der Waals surface area contributed by atoms with Gasteiger partial charge in [-0.25, -0.2) is 4.79 Å². The summed E-state index contributed by atoms with van der Waals surface area (Å²) in [5, 5.41) is 12.8. The molecule has 0 aliphatic rings. The van der Waals surface area contributed by atoms with Crippen LogP contribution in [0.4, 0.5) is 11.5 Å². The summed E-state index contributed by atoms with van der Waals surface area (Å²) in [6.45, 7) is 0. The Balaban J connectivity index is 2.06. The molecule has 0 unspecified atom stereocenters. The minimum atomic E-state index is -1.07. The molecule has 0 spiro atoms. The van der Waals surface area contributed by atoms with Crippen LogP contribution in [0, 0.1) is 0 Å². The van der Waals surface area contributed by atoms with Gasteiger partial charge < -0.3 is 10.4 Å². The van der Waals surface area contributed by atoms with Crippen LogP contribution in [0.2, 0.25) is 0 Å². The maximum Gasteiger partial charge on any atom is 0.328 e. The summed E-state index contributed by atoms with van der Waals surface area (Å²) in [4.78, 5) is 28.0. The standard InChI is InChI=1S/C23H17N3O3/c27-20-13-21(25-17-7-3-1-4-8-17)26(18-9-5-2-6-10-18)23-16(11-12-22(28)29)14-24-15-19(20)23/h1-15,25H,(H,28,29).